The normalized spacial score (nSPS) is 11.4. The number of fused-ring (bicyclic) bond motifs is 1. The molecule has 3 aromatic rings. The van der Waals surface area contributed by atoms with Gasteiger partial charge in [-0.2, -0.15) is 13.2 Å². The van der Waals surface area contributed by atoms with Gasteiger partial charge in [-0.3, -0.25) is 0 Å². The highest BCUT2D eigenvalue weighted by atomic mass is 19.4. The van der Waals surface area contributed by atoms with Crippen molar-refractivity contribution < 1.29 is 27.0 Å². The summed E-state index contributed by atoms with van der Waals surface area (Å²) in [7, 11) is 0. The van der Waals surface area contributed by atoms with Gasteiger partial charge in [-0.15, -0.1) is 0 Å². The van der Waals surface area contributed by atoms with Crippen LogP contribution in [0.4, 0.5) is 17.6 Å². The number of hydrogen-bond acceptors (Lipinski definition) is 2. The molecule has 0 radical (unpaired) electrons. The zero-order chi connectivity index (χ0) is 19.4. The number of benzene rings is 3. The second kappa shape index (κ2) is 7.70. The lowest BCUT2D eigenvalue weighted by atomic mass is 10.0. The molecule has 3 rings (SSSR count). The van der Waals surface area contributed by atoms with Gasteiger partial charge in [0, 0.05) is 11.6 Å². The van der Waals surface area contributed by atoms with Crippen LogP contribution in [0.5, 0.6) is 11.5 Å². The van der Waals surface area contributed by atoms with Gasteiger partial charge in [0.25, 0.3) is 0 Å². The van der Waals surface area contributed by atoms with E-state index < -0.39 is 18.6 Å². The highest BCUT2D eigenvalue weighted by molar-refractivity contribution is 5.88. The van der Waals surface area contributed by atoms with E-state index in [0.29, 0.717) is 22.3 Å². The maximum absolute atomic E-state index is 14.4. The van der Waals surface area contributed by atoms with Gasteiger partial charge in [0.05, 0.1) is 0 Å². The van der Waals surface area contributed by atoms with Crippen molar-refractivity contribution in [1.29, 1.82) is 0 Å². The molecule has 0 aromatic heterocycles. The summed E-state index contributed by atoms with van der Waals surface area (Å²) < 4.78 is 61.2. The van der Waals surface area contributed by atoms with Crippen molar-refractivity contribution in [3.63, 3.8) is 0 Å². The summed E-state index contributed by atoms with van der Waals surface area (Å²) >= 11 is 0. The highest BCUT2D eigenvalue weighted by Crippen LogP contribution is 2.30. The van der Waals surface area contributed by atoms with Crippen LogP contribution in [0.3, 0.4) is 0 Å². The number of ether oxygens (including phenoxy) is 2. The Labute approximate surface area is 153 Å². The predicted molar refractivity (Wildman–Crippen MR) is 96.6 cm³/mol. The van der Waals surface area contributed by atoms with Crippen molar-refractivity contribution in [2.75, 3.05) is 13.2 Å². The number of alkyl halides is 3. The van der Waals surface area contributed by atoms with E-state index in [9.17, 15) is 17.6 Å². The summed E-state index contributed by atoms with van der Waals surface area (Å²) in [5, 5.41) is 1.46. The first-order valence-electron chi connectivity index (χ1n) is 8.13. The Morgan fingerprint density at radius 2 is 1.52 bits per heavy atom. The fourth-order valence-electron chi connectivity index (χ4n) is 2.62. The molecule has 0 unspecified atom stereocenters. The van der Waals surface area contributed by atoms with Gasteiger partial charge >= 0.3 is 6.18 Å². The summed E-state index contributed by atoms with van der Waals surface area (Å²) in [5.41, 5.74) is 1.06. The third-order valence-corrected chi connectivity index (χ3v) is 3.83. The van der Waals surface area contributed by atoms with E-state index in [4.69, 9.17) is 9.47 Å². The van der Waals surface area contributed by atoms with E-state index in [-0.39, 0.29) is 12.4 Å². The molecule has 0 amide bonds. The first-order chi connectivity index (χ1) is 12.9. The largest absolute Gasteiger partial charge is 0.489 e. The summed E-state index contributed by atoms with van der Waals surface area (Å²) in [6, 6.07) is 14.4. The standard InChI is InChI=1S/C21H16F4O2/c1-2-9-26-18-7-8-19(20(22)12-18)16-4-3-15-11-17(6-5-14(15)10-16)27-13-21(23,24)25/h2-8,10-12H,1,9,13H2. The highest BCUT2D eigenvalue weighted by Gasteiger charge is 2.28. The molecule has 2 nitrogen and oxygen atoms in total. The summed E-state index contributed by atoms with van der Waals surface area (Å²) in [4.78, 5) is 0. The van der Waals surface area contributed by atoms with Gasteiger partial charge in [-0.1, -0.05) is 30.9 Å². The van der Waals surface area contributed by atoms with Crippen molar-refractivity contribution in [1.82, 2.24) is 0 Å². The quantitative estimate of drug-likeness (QED) is 0.379. The van der Waals surface area contributed by atoms with E-state index in [1.54, 1.807) is 42.5 Å². The summed E-state index contributed by atoms with van der Waals surface area (Å²) in [6.07, 6.45) is -2.82. The summed E-state index contributed by atoms with van der Waals surface area (Å²) in [5.74, 6) is 0.104. The lowest BCUT2D eigenvalue weighted by Gasteiger charge is -2.11. The van der Waals surface area contributed by atoms with E-state index in [1.165, 1.54) is 18.2 Å². The van der Waals surface area contributed by atoms with Gasteiger partial charge in [0.2, 0.25) is 0 Å². The lowest BCUT2D eigenvalue weighted by Crippen LogP contribution is -2.19. The van der Waals surface area contributed by atoms with Crippen molar-refractivity contribution in [3.8, 4) is 22.6 Å². The molecular formula is C21H16F4O2. The van der Waals surface area contributed by atoms with Crippen LogP contribution in [0.25, 0.3) is 21.9 Å². The van der Waals surface area contributed by atoms with Crippen LogP contribution in [-0.4, -0.2) is 19.4 Å². The van der Waals surface area contributed by atoms with Crippen LogP contribution in [0.2, 0.25) is 0 Å². The van der Waals surface area contributed by atoms with Gasteiger partial charge < -0.3 is 9.47 Å². The van der Waals surface area contributed by atoms with Gasteiger partial charge in [-0.25, -0.2) is 4.39 Å². The molecule has 0 aliphatic heterocycles. The molecule has 0 bridgehead atoms. The zero-order valence-corrected chi connectivity index (χ0v) is 14.2. The molecule has 0 N–H and O–H groups in total. The Bertz CT molecular complexity index is 964. The van der Waals surface area contributed by atoms with E-state index in [2.05, 4.69) is 6.58 Å². The molecule has 0 atom stereocenters. The molecular weight excluding hydrogens is 360 g/mol. The molecule has 0 fully saturated rings. The average molecular weight is 376 g/mol. The Balaban J connectivity index is 1.85. The van der Waals surface area contributed by atoms with E-state index >= 15 is 0 Å². The fraction of sp³-hybridized carbons (Fsp3) is 0.143. The minimum Gasteiger partial charge on any atom is -0.489 e. The zero-order valence-electron chi connectivity index (χ0n) is 14.2. The smallest absolute Gasteiger partial charge is 0.422 e. The Morgan fingerprint density at radius 1 is 0.852 bits per heavy atom. The molecule has 0 aliphatic carbocycles. The molecule has 0 aliphatic rings. The monoisotopic (exact) mass is 376 g/mol. The predicted octanol–water partition coefficient (Wildman–Crippen LogP) is 6.15. The Kier molecular flexibility index (Phi) is 5.35. The minimum absolute atomic E-state index is 0.127. The van der Waals surface area contributed by atoms with Crippen molar-refractivity contribution >= 4 is 10.8 Å². The van der Waals surface area contributed by atoms with Crippen molar-refractivity contribution in [2.24, 2.45) is 0 Å². The van der Waals surface area contributed by atoms with Crippen LogP contribution in [0, 0.1) is 5.82 Å². The maximum Gasteiger partial charge on any atom is 0.422 e. The van der Waals surface area contributed by atoms with E-state index in [1.807, 2.05) is 0 Å². The third-order valence-electron chi connectivity index (χ3n) is 3.83. The number of halogens is 4. The van der Waals surface area contributed by atoms with Crippen LogP contribution >= 0.6 is 0 Å². The van der Waals surface area contributed by atoms with Crippen LogP contribution in [0.1, 0.15) is 0 Å². The molecule has 6 heteroatoms. The van der Waals surface area contributed by atoms with Gasteiger partial charge in [0.15, 0.2) is 6.61 Å². The molecule has 0 heterocycles. The number of rotatable bonds is 6. The summed E-state index contributed by atoms with van der Waals surface area (Å²) in [6.45, 7) is 2.48. The molecule has 3 aromatic carbocycles. The fourth-order valence-corrected chi connectivity index (χ4v) is 2.62. The third kappa shape index (κ3) is 4.78. The Hall–Kier alpha value is -3.02. The first-order valence-corrected chi connectivity index (χ1v) is 8.13. The van der Waals surface area contributed by atoms with Crippen LogP contribution in [-0.2, 0) is 0 Å². The van der Waals surface area contributed by atoms with Gasteiger partial charge in [0.1, 0.15) is 23.9 Å². The molecule has 140 valence electrons. The maximum atomic E-state index is 14.4. The topological polar surface area (TPSA) is 18.5 Å². The SMILES string of the molecule is C=CCOc1ccc(-c2ccc3cc(OCC(F)(F)F)ccc3c2)c(F)c1. The second-order valence-electron chi connectivity index (χ2n) is 5.87. The molecule has 0 saturated heterocycles. The van der Waals surface area contributed by atoms with Gasteiger partial charge in [-0.05, 0) is 46.7 Å². The molecule has 0 saturated carbocycles. The van der Waals surface area contributed by atoms with E-state index in [0.717, 1.165) is 5.39 Å². The molecule has 0 spiro atoms. The first kappa shape index (κ1) is 18.8. The van der Waals surface area contributed by atoms with Crippen LogP contribution < -0.4 is 9.47 Å². The molecule has 27 heavy (non-hydrogen) atoms. The van der Waals surface area contributed by atoms with Crippen molar-refractivity contribution in [3.05, 3.63) is 73.1 Å². The lowest BCUT2D eigenvalue weighted by molar-refractivity contribution is -0.153. The van der Waals surface area contributed by atoms with Crippen molar-refractivity contribution in [2.45, 2.75) is 6.18 Å². The van der Waals surface area contributed by atoms with Crippen LogP contribution in [0.15, 0.2) is 67.3 Å². The Morgan fingerprint density at radius 3 is 2.22 bits per heavy atom. The minimum atomic E-state index is -4.39. The number of hydrogen-bond donors (Lipinski definition) is 0. The average Bonchev–Trinajstić information content (AvgIpc) is 2.63. The second-order valence-corrected chi connectivity index (χ2v) is 5.87.